The van der Waals surface area contributed by atoms with E-state index >= 15 is 0 Å². The van der Waals surface area contributed by atoms with Crippen LogP contribution in [0, 0.1) is 6.92 Å². The summed E-state index contributed by atoms with van der Waals surface area (Å²) < 4.78 is 32.4. The predicted octanol–water partition coefficient (Wildman–Crippen LogP) is 3.17. The molecule has 0 amide bonds. The summed E-state index contributed by atoms with van der Waals surface area (Å²) >= 11 is 1.62. The predicted molar refractivity (Wildman–Crippen MR) is 87.1 cm³/mol. The van der Waals surface area contributed by atoms with Crippen LogP contribution in [0.15, 0.2) is 11.4 Å². The lowest BCUT2D eigenvalue weighted by molar-refractivity contribution is 0.108. The summed E-state index contributed by atoms with van der Waals surface area (Å²) in [6.45, 7) is 7.16. The van der Waals surface area contributed by atoms with Crippen LogP contribution in [-0.2, 0) is 21.3 Å². The molecule has 0 radical (unpaired) electrons. The molecule has 6 heteroatoms. The monoisotopic (exact) mass is 331 g/mol. The Labute approximate surface area is 132 Å². The lowest BCUT2D eigenvalue weighted by Gasteiger charge is -2.26. The Morgan fingerprint density at radius 1 is 1.48 bits per heavy atom. The molecule has 0 unspecified atom stereocenters. The van der Waals surface area contributed by atoms with Crippen LogP contribution in [0.2, 0.25) is 0 Å². The Morgan fingerprint density at radius 3 is 2.76 bits per heavy atom. The normalized spacial score (nSPS) is 19.8. The molecular formula is C15H25NO3S2. The van der Waals surface area contributed by atoms with E-state index in [2.05, 4.69) is 0 Å². The van der Waals surface area contributed by atoms with Crippen LogP contribution >= 0.6 is 11.3 Å². The van der Waals surface area contributed by atoms with Gasteiger partial charge in [-0.25, -0.2) is 8.42 Å². The van der Waals surface area contributed by atoms with E-state index in [0.717, 1.165) is 24.3 Å². The molecule has 0 saturated carbocycles. The van der Waals surface area contributed by atoms with E-state index in [4.69, 9.17) is 4.74 Å². The van der Waals surface area contributed by atoms with Crippen molar-refractivity contribution in [3.8, 4) is 0 Å². The summed E-state index contributed by atoms with van der Waals surface area (Å²) in [4.78, 5) is 1.13. The summed E-state index contributed by atoms with van der Waals surface area (Å²) in [5.41, 5.74) is 1.17. The van der Waals surface area contributed by atoms with Gasteiger partial charge < -0.3 is 4.74 Å². The molecule has 0 aliphatic carbocycles. The highest BCUT2D eigenvalue weighted by atomic mass is 32.2. The van der Waals surface area contributed by atoms with Crippen LogP contribution in [0.4, 0.5) is 0 Å². The van der Waals surface area contributed by atoms with E-state index < -0.39 is 10.0 Å². The first kappa shape index (κ1) is 16.9. The molecule has 21 heavy (non-hydrogen) atoms. The number of rotatable bonds is 7. The van der Waals surface area contributed by atoms with Gasteiger partial charge in [-0.05, 0) is 57.0 Å². The second kappa shape index (κ2) is 7.22. The van der Waals surface area contributed by atoms with Crippen LogP contribution in [0.1, 0.15) is 43.6 Å². The molecule has 1 saturated heterocycles. The molecule has 4 nitrogen and oxygen atoms in total. The number of nitrogens with zero attached hydrogens (tertiary/aromatic N) is 1. The van der Waals surface area contributed by atoms with Gasteiger partial charge in [0, 0.05) is 24.1 Å². The number of hydrogen-bond acceptors (Lipinski definition) is 4. The van der Waals surface area contributed by atoms with E-state index in [9.17, 15) is 8.42 Å². The lowest BCUT2D eigenvalue weighted by atomic mass is 10.2. The van der Waals surface area contributed by atoms with Crippen molar-refractivity contribution in [1.82, 2.24) is 4.31 Å². The van der Waals surface area contributed by atoms with Gasteiger partial charge in [-0.2, -0.15) is 4.31 Å². The van der Waals surface area contributed by atoms with Crippen molar-refractivity contribution in [2.24, 2.45) is 0 Å². The van der Waals surface area contributed by atoms with Crippen molar-refractivity contribution in [2.45, 2.75) is 58.7 Å². The number of sulfonamides is 1. The van der Waals surface area contributed by atoms with Gasteiger partial charge in [0.2, 0.25) is 10.0 Å². The smallest absolute Gasteiger partial charge is 0.214 e. The SMILES string of the molecule is Cc1ccsc1CN(C(C)C)S(=O)(=O)CC[C@@H]1CCCO1. The third-order valence-electron chi connectivity index (χ3n) is 3.92. The van der Waals surface area contributed by atoms with E-state index in [1.54, 1.807) is 15.6 Å². The molecule has 0 N–H and O–H groups in total. The Balaban J connectivity index is 2.03. The fraction of sp³-hybridized carbons (Fsp3) is 0.733. The van der Waals surface area contributed by atoms with Gasteiger partial charge in [-0.1, -0.05) is 0 Å². The number of thiophene rings is 1. The maximum absolute atomic E-state index is 12.6. The molecule has 1 aromatic heterocycles. The lowest BCUT2D eigenvalue weighted by Crippen LogP contribution is -2.38. The first-order valence-electron chi connectivity index (χ1n) is 7.54. The molecule has 1 aromatic rings. The number of aryl methyl sites for hydroxylation is 1. The van der Waals surface area contributed by atoms with Gasteiger partial charge >= 0.3 is 0 Å². The van der Waals surface area contributed by atoms with Crippen LogP contribution in [0.3, 0.4) is 0 Å². The van der Waals surface area contributed by atoms with E-state index in [1.807, 2.05) is 32.2 Å². The van der Waals surface area contributed by atoms with E-state index in [1.165, 1.54) is 5.56 Å². The first-order valence-corrected chi connectivity index (χ1v) is 10.0. The third-order valence-corrected chi connectivity index (χ3v) is 6.95. The molecule has 1 atom stereocenters. The summed E-state index contributed by atoms with van der Waals surface area (Å²) in [5, 5.41) is 2.02. The van der Waals surface area contributed by atoms with Crippen molar-refractivity contribution < 1.29 is 13.2 Å². The summed E-state index contributed by atoms with van der Waals surface area (Å²) in [6, 6.07) is 2.01. The Kier molecular flexibility index (Phi) is 5.82. The average molecular weight is 332 g/mol. The molecule has 0 spiro atoms. The van der Waals surface area contributed by atoms with Crippen LogP contribution in [0.25, 0.3) is 0 Å². The molecule has 120 valence electrons. The van der Waals surface area contributed by atoms with E-state index in [0.29, 0.717) is 13.0 Å². The third kappa shape index (κ3) is 4.52. The van der Waals surface area contributed by atoms with Crippen molar-refractivity contribution in [3.05, 3.63) is 21.9 Å². The van der Waals surface area contributed by atoms with Gasteiger partial charge in [0.05, 0.1) is 11.9 Å². The van der Waals surface area contributed by atoms with Crippen LogP contribution < -0.4 is 0 Å². The maximum atomic E-state index is 12.6. The number of hydrogen-bond donors (Lipinski definition) is 0. The maximum Gasteiger partial charge on any atom is 0.214 e. The fourth-order valence-corrected chi connectivity index (χ4v) is 5.33. The molecule has 0 aromatic carbocycles. The van der Waals surface area contributed by atoms with Crippen molar-refractivity contribution in [3.63, 3.8) is 0 Å². The molecule has 1 aliphatic heterocycles. The summed E-state index contributed by atoms with van der Waals surface area (Å²) in [7, 11) is -3.24. The number of ether oxygens (including phenoxy) is 1. The molecule has 0 bridgehead atoms. The molecule has 1 fully saturated rings. The van der Waals surface area contributed by atoms with Crippen molar-refractivity contribution in [2.75, 3.05) is 12.4 Å². The van der Waals surface area contributed by atoms with Gasteiger partial charge in [0.15, 0.2) is 0 Å². The second-order valence-corrected chi connectivity index (χ2v) is 8.95. The van der Waals surface area contributed by atoms with Crippen LogP contribution in [-0.4, -0.2) is 37.2 Å². The largest absolute Gasteiger partial charge is 0.378 e. The van der Waals surface area contributed by atoms with Gasteiger partial charge in [0.25, 0.3) is 0 Å². The minimum atomic E-state index is -3.24. The summed E-state index contributed by atoms with van der Waals surface area (Å²) in [6.07, 6.45) is 2.76. The zero-order valence-corrected chi connectivity index (χ0v) is 14.7. The average Bonchev–Trinajstić information content (AvgIpc) is 3.04. The first-order chi connectivity index (χ1) is 9.90. The Hall–Kier alpha value is -0.430. The minimum absolute atomic E-state index is 0.0269. The highest BCUT2D eigenvalue weighted by Gasteiger charge is 2.27. The van der Waals surface area contributed by atoms with Gasteiger partial charge in [0.1, 0.15) is 0 Å². The van der Waals surface area contributed by atoms with Crippen LogP contribution in [0.5, 0.6) is 0 Å². The van der Waals surface area contributed by atoms with Crippen molar-refractivity contribution >= 4 is 21.4 Å². The fourth-order valence-electron chi connectivity index (χ4n) is 2.58. The molecule has 2 heterocycles. The molecule has 1 aliphatic rings. The summed E-state index contributed by atoms with van der Waals surface area (Å²) in [5.74, 6) is 0.181. The standard InChI is InChI=1S/C15H25NO3S2/c1-12(2)16(11-15-13(3)6-9-20-15)21(17,18)10-7-14-5-4-8-19-14/h6,9,12,14H,4-5,7-8,10-11H2,1-3H3/t14-/m0/s1. The Morgan fingerprint density at radius 2 is 2.24 bits per heavy atom. The minimum Gasteiger partial charge on any atom is -0.378 e. The zero-order chi connectivity index (χ0) is 15.5. The van der Waals surface area contributed by atoms with E-state index in [-0.39, 0.29) is 17.9 Å². The highest BCUT2D eigenvalue weighted by molar-refractivity contribution is 7.89. The second-order valence-electron chi connectivity index (χ2n) is 5.91. The van der Waals surface area contributed by atoms with Gasteiger partial charge in [-0.15, -0.1) is 11.3 Å². The Bertz CT molecular complexity index is 545. The molecule has 2 rings (SSSR count). The highest BCUT2D eigenvalue weighted by Crippen LogP contribution is 2.23. The topological polar surface area (TPSA) is 46.6 Å². The zero-order valence-electron chi connectivity index (χ0n) is 13.0. The quantitative estimate of drug-likeness (QED) is 0.771. The molecular weight excluding hydrogens is 306 g/mol. The van der Waals surface area contributed by atoms with Crippen molar-refractivity contribution in [1.29, 1.82) is 0 Å². The van der Waals surface area contributed by atoms with Gasteiger partial charge in [-0.3, -0.25) is 0 Å².